The first-order valence-corrected chi connectivity index (χ1v) is 9.45. The van der Waals surface area contributed by atoms with Crippen LogP contribution >= 0.6 is 11.6 Å². The van der Waals surface area contributed by atoms with Crippen LogP contribution in [0.3, 0.4) is 0 Å². The molecule has 0 atom stereocenters. The molecule has 6 heteroatoms. The number of anilines is 1. The molecular weight excluding hydrogens is 362 g/mol. The summed E-state index contributed by atoms with van der Waals surface area (Å²) in [5, 5.41) is 3.12. The van der Waals surface area contributed by atoms with Crippen molar-refractivity contribution in [3.63, 3.8) is 0 Å². The number of nitrogens with zero attached hydrogens (tertiary/aromatic N) is 2. The minimum absolute atomic E-state index is 0.446. The molecule has 1 fully saturated rings. The smallest absolute Gasteiger partial charge is 0.313 e. The third-order valence-corrected chi connectivity index (χ3v) is 5.07. The van der Waals surface area contributed by atoms with Crippen LogP contribution in [0.5, 0.6) is 0 Å². The van der Waals surface area contributed by atoms with Crippen molar-refractivity contribution in [1.82, 2.24) is 9.80 Å². The van der Waals surface area contributed by atoms with Gasteiger partial charge < -0.3 is 10.2 Å². The van der Waals surface area contributed by atoms with Gasteiger partial charge in [0.05, 0.1) is 10.7 Å². The molecule has 1 aliphatic rings. The lowest BCUT2D eigenvalue weighted by Gasteiger charge is -2.34. The molecule has 0 aliphatic carbocycles. The van der Waals surface area contributed by atoms with Crippen LogP contribution < -0.4 is 5.32 Å². The normalized spacial score (nSPS) is 14.9. The van der Waals surface area contributed by atoms with Crippen LogP contribution in [0.1, 0.15) is 16.7 Å². The standard InChI is InChI=1S/C21H24ClN3O2/c1-15-12-16(2)19(18(22)13-15)23-20(26)21(27)25-10-8-24(9-11-25)14-17-6-4-3-5-7-17/h3-7,12-13H,8-11,14H2,1-2H3,(H,23,26). The fraction of sp³-hybridized carbons (Fsp3) is 0.333. The maximum Gasteiger partial charge on any atom is 0.313 e. The molecule has 0 bridgehead atoms. The number of hydrogen-bond acceptors (Lipinski definition) is 3. The fourth-order valence-electron chi connectivity index (χ4n) is 3.34. The van der Waals surface area contributed by atoms with Crippen molar-refractivity contribution < 1.29 is 9.59 Å². The van der Waals surface area contributed by atoms with Gasteiger partial charge in [-0.25, -0.2) is 0 Å². The van der Waals surface area contributed by atoms with Crippen LogP contribution in [0, 0.1) is 13.8 Å². The third-order valence-electron chi connectivity index (χ3n) is 4.77. The zero-order valence-corrected chi connectivity index (χ0v) is 16.4. The fourth-order valence-corrected chi connectivity index (χ4v) is 3.70. The van der Waals surface area contributed by atoms with Crippen LogP contribution in [0.4, 0.5) is 5.69 Å². The summed E-state index contributed by atoms with van der Waals surface area (Å²) >= 11 is 6.22. The zero-order valence-electron chi connectivity index (χ0n) is 15.7. The Bertz CT molecular complexity index is 808. The molecule has 5 nitrogen and oxygen atoms in total. The van der Waals surface area contributed by atoms with Crippen LogP contribution in [0.25, 0.3) is 0 Å². The predicted molar refractivity (Wildman–Crippen MR) is 108 cm³/mol. The van der Waals surface area contributed by atoms with E-state index in [4.69, 9.17) is 11.6 Å². The van der Waals surface area contributed by atoms with Gasteiger partial charge in [-0.05, 0) is 36.6 Å². The van der Waals surface area contributed by atoms with E-state index < -0.39 is 11.8 Å². The third kappa shape index (κ3) is 4.87. The summed E-state index contributed by atoms with van der Waals surface area (Å²) in [6, 6.07) is 13.9. The second kappa shape index (κ2) is 8.55. The Labute approximate surface area is 164 Å². The van der Waals surface area contributed by atoms with Gasteiger partial charge in [0.15, 0.2) is 0 Å². The van der Waals surface area contributed by atoms with Crippen LogP contribution in [0.15, 0.2) is 42.5 Å². The number of hydrogen-bond donors (Lipinski definition) is 1. The highest BCUT2D eigenvalue weighted by Gasteiger charge is 2.26. The summed E-state index contributed by atoms with van der Waals surface area (Å²) in [7, 11) is 0. The summed E-state index contributed by atoms with van der Waals surface area (Å²) in [6.07, 6.45) is 0. The van der Waals surface area contributed by atoms with Gasteiger partial charge in [-0.1, -0.05) is 48.0 Å². The minimum Gasteiger partial charge on any atom is -0.332 e. The van der Waals surface area contributed by atoms with Crippen molar-refractivity contribution in [2.75, 3.05) is 31.5 Å². The molecule has 1 aliphatic heterocycles. The van der Waals surface area contributed by atoms with Gasteiger partial charge in [-0.3, -0.25) is 14.5 Å². The van der Waals surface area contributed by atoms with E-state index in [0.29, 0.717) is 23.8 Å². The molecule has 1 N–H and O–H groups in total. The summed E-state index contributed by atoms with van der Waals surface area (Å²) in [5.74, 6) is -1.15. The number of nitrogens with one attached hydrogen (secondary N) is 1. The Balaban J connectivity index is 1.55. The van der Waals surface area contributed by atoms with E-state index in [-0.39, 0.29) is 0 Å². The predicted octanol–water partition coefficient (Wildman–Crippen LogP) is 3.24. The highest BCUT2D eigenvalue weighted by molar-refractivity contribution is 6.41. The van der Waals surface area contributed by atoms with E-state index in [1.807, 2.05) is 38.1 Å². The molecule has 1 heterocycles. The lowest BCUT2D eigenvalue weighted by atomic mass is 10.1. The Hall–Kier alpha value is -2.37. The number of aryl methyl sites for hydroxylation is 2. The topological polar surface area (TPSA) is 52.7 Å². The van der Waals surface area contributed by atoms with Gasteiger partial charge in [0.1, 0.15) is 0 Å². The molecular formula is C21H24ClN3O2. The van der Waals surface area contributed by atoms with E-state index in [1.165, 1.54) is 5.56 Å². The van der Waals surface area contributed by atoms with E-state index in [0.717, 1.165) is 30.8 Å². The SMILES string of the molecule is Cc1cc(C)c(NC(=O)C(=O)N2CCN(Cc3ccccc3)CC2)c(Cl)c1. The molecule has 0 radical (unpaired) electrons. The molecule has 27 heavy (non-hydrogen) atoms. The Morgan fingerprint density at radius 1 is 1.04 bits per heavy atom. The van der Waals surface area contributed by atoms with Crippen molar-refractivity contribution in [1.29, 1.82) is 0 Å². The van der Waals surface area contributed by atoms with Crippen molar-refractivity contribution in [3.8, 4) is 0 Å². The number of halogens is 1. The largest absolute Gasteiger partial charge is 0.332 e. The van der Waals surface area contributed by atoms with Crippen LogP contribution in [-0.2, 0) is 16.1 Å². The molecule has 142 valence electrons. The summed E-state index contributed by atoms with van der Waals surface area (Å²) in [6.45, 7) is 7.23. The highest BCUT2D eigenvalue weighted by atomic mass is 35.5. The van der Waals surface area contributed by atoms with Gasteiger partial charge in [0, 0.05) is 32.7 Å². The number of carbonyl (C=O) groups excluding carboxylic acids is 2. The quantitative estimate of drug-likeness (QED) is 0.825. The van der Waals surface area contributed by atoms with Crippen molar-refractivity contribution in [3.05, 3.63) is 64.2 Å². The zero-order chi connectivity index (χ0) is 19.4. The molecule has 2 amide bonds. The molecule has 1 saturated heterocycles. The number of carbonyl (C=O) groups is 2. The molecule has 3 rings (SSSR count). The number of amides is 2. The molecule has 0 aromatic heterocycles. The second-order valence-corrected chi connectivity index (χ2v) is 7.35. The second-order valence-electron chi connectivity index (χ2n) is 6.95. The van der Waals surface area contributed by atoms with Gasteiger partial charge in [-0.2, -0.15) is 0 Å². The molecule has 0 unspecified atom stereocenters. The maximum atomic E-state index is 12.5. The number of piperazine rings is 1. The van der Waals surface area contributed by atoms with E-state index in [1.54, 1.807) is 11.0 Å². The Morgan fingerprint density at radius 3 is 2.33 bits per heavy atom. The van der Waals surface area contributed by atoms with E-state index in [9.17, 15) is 9.59 Å². The number of rotatable bonds is 3. The first-order valence-electron chi connectivity index (χ1n) is 9.07. The minimum atomic E-state index is -0.639. The Morgan fingerprint density at radius 2 is 1.70 bits per heavy atom. The lowest BCUT2D eigenvalue weighted by Crippen LogP contribution is -2.51. The van der Waals surface area contributed by atoms with Crippen molar-refractivity contribution >= 4 is 29.1 Å². The average molecular weight is 386 g/mol. The summed E-state index contributed by atoms with van der Waals surface area (Å²) < 4.78 is 0. The van der Waals surface area contributed by atoms with E-state index >= 15 is 0 Å². The first kappa shape index (κ1) is 19.4. The molecule has 0 spiro atoms. The van der Waals surface area contributed by atoms with Crippen LogP contribution in [-0.4, -0.2) is 47.8 Å². The van der Waals surface area contributed by atoms with Crippen LogP contribution in [0.2, 0.25) is 5.02 Å². The molecule has 2 aromatic rings. The molecule has 2 aromatic carbocycles. The van der Waals surface area contributed by atoms with Gasteiger partial charge in [0.25, 0.3) is 0 Å². The number of benzene rings is 2. The Kier molecular flexibility index (Phi) is 6.14. The summed E-state index contributed by atoms with van der Waals surface area (Å²) in [5.41, 5.74) is 3.60. The van der Waals surface area contributed by atoms with Gasteiger partial charge in [0.2, 0.25) is 0 Å². The molecule has 0 saturated carbocycles. The van der Waals surface area contributed by atoms with Gasteiger partial charge >= 0.3 is 11.8 Å². The maximum absolute atomic E-state index is 12.5. The monoisotopic (exact) mass is 385 g/mol. The average Bonchev–Trinajstić information content (AvgIpc) is 2.65. The highest BCUT2D eigenvalue weighted by Crippen LogP contribution is 2.27. The first-order chi connectivity index (χ1) is 12.9. The van der Waals surface area contributed by atoms with Crippen molar-refractivity contribution in [2.45, 2.75) is 20.4 Å². The lowest BCUT2D eigenvalue weighted by molar-refractivity contribution is -0.144. The van der Waals surface area contributed by atoms with E-state index in [2.05, 4.69) is 22.3 Å². The van der Waals surface area contributed by atoms with Crippen molar-refractivity contribution in [2.24, 2.45) is 0 Å². The van der Waals surface area contributed by atoms with Gasteiger partial charge in [-0.15, -0.1) is 0 Å². The summed E-state index contributed by atoms with van der Waals surface area (Å²) in [4.78, 5) is 28.8.